The molecule has 0 spiro atoms. The molecule has 2 aromatic carbocycles. The number of aromatic carboxylic acids is 1. The van der Waals surface area contributed by atoms with Crippen LogP contribution in [0.4, 0.5) is 11.4 Å². The van der Waals surface area contributed by atoms with Gasteiger partial charge in [-0.25, -0.2) is 41.0 Å². The lowest BCUT2D eigenvalue weighted by Gasteiger charge is -2.08. The highest BCUT2D eigenvalue weighted by Crippen LogP contribution is 2.28. The van der Waals surface area contributed by atoms with Crippen molar-refractivity contribution in [2.75, 3.05) is 48.6 Å². The summed E-state index contributed by atoms with van der Waals surface area (Å²) >= 11 is 0. The number of rotatable bonds is 11. The molecule has 0 aliphatic carbocycles. The van der Waals surface area contributed by atoms with E-state index in [1.165, 1.54) is 12.3 Å². The van der Waals surface area contributed by atoms with Crippen LogP contribution >= 0.6 is 0 Å². The number of pyridine rings is 4. The van der Waals surface area contributed by atoms with E-state index >= 15 is 0 Å². The number of carboxylic acid groups (broad SMARTS) is 1. The maximum atomic E-state index is 12.4. The van der Waals surface area contributed by atoms with E-state index in [2.05, 4.69) is 35.5 Å². The SMILES string of the molecule is CS(=O)(=O)CCN.CS(=O)(=O)CCNC(=O)c1cccc(-n2ncc3ccc(-c4cncc(N)c4)cc32)n1.Nc1cncc(-c2ccc3cnn(-c4cccc(C(=O)O)n4)c3c2)c1. The molecule has 0 radical (unpaired) electrons. The molecule has 19 nitrogen and oxygen atoms in total. The van der Waals surface area contributed by atoms with Crippen molar-refractivity contribution in [3.05, 3.63) is 133 Å². The third-order valence-corrected chi connectivity index (χ3v) is 10.9. The molecular formula is C42H42N12O7S2. The van der Waals surface area contributed by atoms with Gasteiger partial charge in [0.25, 0.3) is 5.91 Å². The first kappa shape index (κ1) is 44.9. The van der Waals surface area contributed by atoms with E-state index in [0.717, 1.165) is 50.3 Å². The lowest BCUT2D eigenvalue weighted by atomic mass is 10.1. The van der Waals surface area contributed by atoms with Crippen LogP contribution in [0.2, 0.25) is 0 Å². The third-order valence-electron chi connectivity index (χ3n) is 8.93. The van der Waals surface area contributed by atoms with E-state index in [-0.39, 0.29) is 36.0 Å². The molecule has 8 N–H and O–H groups in total. The third kappa shape index (κ3) is 12.0. The number of nitrogens with zero attached hydrogens (tertiary/aromatic N) is 8. The zero-order chi connectivity index (χ0) is 45.3. The quantitative estimate of drug-likeness (QED) is 0.124. The summed E-state index contributed by atoms with van der Waals surface area (Å²) in [7, 11) is -5.96. The highest BCUT2D eigenvalue weighted by Gasteiger charge is 2.14. The van der Waals surface area contributed by atoms with Crippen LogP contribution in [0, 0.1) is 0 Å². The topological polar surface area (TPSA) is 300 Å². The first-order valence-electron chi connectivity index (χ1n) is 18.9. The van der Waals surface area contributed by atoms with Gasteiger partial charge in [0.15, 0.2) is 17.3 Å². The minimum Gasteiger partial charge on any atom is -0.477 e. The normalized spacial score (nSPS) is 11.3. The van der Waals surface area contributed by atoms with Crippen LogP contribution in [0.5, 0.6) is 0 Å². The standard InChI is InChI=1S/C21H20N6O3S.C18H13N5O2.C3H9NO2S/c1-31(29,30)8-7-24-21(28)18-3-2-4-20(26-18)27-19-10-14(5-6-15(19)12-25-27)16-9-17(22)13-23-11-16;19-14-6-13(8-20-10-14)11-4-5-12-9-21-23(16(12)7-11)17-3-1-2-15(22-17)18(24)25;1-7(5,6)3-2-4/h2-6,9-13H,7-8,22H2,1H3,(H,24,28);1-10H,19H2,(H,24,25);2-4H2,1H3. The molecule has 324 valence electrons. The van der Waals surface area contributed by atoms with E-state index in [4.69, 9.17) is 22.3 Å². The number of hydrogen-bond donors (Lipinski definition) is 5. The molecule has 0 atom stereocenters. The van der Waals surface area contributed by atoms with Gasteiger partial charge in [0.05, 0.1) is 46.3 Å². The molecule has 63 heavy (non-hydrogen) atoms. The Hall–Kier alpha value is -7.62. The number of benzene rings is 2. The van der Waals surface area contributed by atoms with Gasteiger partial charge in [0.1, 0.15) is 25.4 Å². The van der Waals surface area contributed by atoms with E-state index < -0.39 is 31.6 Å². The molecule has 0 unspecified atom stereocenters. The Bertz CT molecular complexity index is 3170. The second kappa shape index (κ2) is 19.4. The van der Waals surface area contributed by atoms with Gasteiger partial charge < -0.3 is 27.6 Å². The Morgan fingerprint density at radius 2 is 1.10 bits per heavy atom. The minimum absolute atomic E-state index is 0.0197. The summed E-state index contributed by atoms with van der Waals surface area (Å²) < 4.78 is 46.0. The van der Waals surface area contributed by atoms with Crippen molar-refractivity contribution in [3.8, 4) is 33.9 Å². The molecule has 0 saturated carbocycles. The van der Waals surface area contributed by atoms with Crippen LogP contribution in [0.1, 0.15) is 21.0 Å². The van der Waals surface area contributed by atoms with Crippen LogP contribution in [0.25, 0.3) is 55.7 Å². The van der Waals surface area contributed by atoms with Gasteiger partial charge >= 0.3 is 5.97 Å². The molecule has 0 aliphatic rings. The summed E-state index contributed by atoms with van der Waals surface area (Å²) in [6, 6.07) is 25.2. The smallest absolute Gasteiger partial charge is 0.354 e. The Morgan fingerprint density at radius 3 is 1.52 bits per heavy atom. The van der Waals surface area contributed by atoms with Gasteiger partial charge in [0.2, 0.25) is 0 Å². The number of nitrogens with two attached hydrogens (primary N) is 3. The Morgan fingerprint density at radius 1 is 0.619 bits per heavy atom. The zero-order valence-electron chi connectivity index (χ0n) is 33.9. The van der Waals surface area contributed by atoms with Crippen molar-refractivity contribution in [2.24, 2.45) is 5.73 Å². The van der Waals surface area contributed by atoms with Gasteiger partial charge in [-0.3, -0.25) is 14.8 Å². The molecule has 6 heterocycles. The van der Waals surface area contributed by atoms with Crippen LogP contribution < -0.4 is 22.5 Å². The molecule has 0 saturated heterocycles. The average Bonchev–Trinajstić information content (AvgIpc) is 3.87. The predicted octanol–water partition coefficient (Wildman–Crippen LogP) is 3.59. The fraction of sp³-hybridized carbons (Fsp3) is 0.143. The average molecular weight is 891 g/mol. The highest BCUT2D eigenvalue weighted by atomic mass is 32.2. The molecule has 8 aromatic rings. The largest absolute Gasteiger partial charge is 0.477 e. The van der Waals surface area contributed by atoms with E-state index in [0.29, 0.717) is 23.0 Å². The number of amides is 1. The van der Waals surface area contributed by atoms with E-state index in [9.17, 15) is 26.4 Å². The Labute approximate surface area is 361 Å². The Balaban J connectivity index is 0.000000185. The van der Waals surface area contributed by atoms with Crippen molar-refractivity contribution in [3.63, 3.8) is 0 Å². The van der Waals surface area contributed by atoms with Crippen molar-refractivity contribution in [1.29, 1.82) is 0 Å². The van der Waals surface area contributed by atoms with Crippen LogP contribution in [0.15, 0.2) is 122 Å². The molecule has 21 heteroatoms. The van der Waals surface area contributed by atoms with E-state index in [1.807, 2.05) is 48.5 Å². The molecule has 0 bridgehead atoms. The van der Waals surface area contributed by atoms with Gasteiger partial charge in [-0.1, -0.05) is 36.4 Å². The number of carbonyl (C=O) groups is 2. The first-order chi connectivity index (χ1) is 30.0. The summed E-state index contributed by atoms with van der Waals surface area (Å²) in [5.74, 6) is -0.665. The fourth-order valence-corrected chi connectivity index (χ4v) is 6.88. The van der Waals surface area contributed by atoms with Gasteiger partial charge in [-0.15, -0.1) is 0 Å². The van der Waals surface area contributed by atoms with Crippen molar-refractivity contribution in [1.82, 2.24) is 44.8 Å². The van der Waals surface area contributed by atoms with E-state index in [1.54, 1.807) is 76.9 Å². The fourth-order valence-electron chi connectivity index (χ4n) is 5.97. The molecule has 0 aliphatic heterocycles. The maximum absolute atomic E-state index is 12.4. The number of fused-ring (bicyclic) bond motifs is 2. The number of hydrogen-bond acceptors (Lipinski definition) is 15. The zero-order valence-corrected chi connectivity index (χ0v) is 35.5. The summed E-state index contributed by atoms with van der Waals surface area (Å²) in [5, 5.41) is 22.3. The molecule has 8 rings (SSSR count). The molecule has 1 amide bonds. The lowest BCUT2D eigenvalue weighted by Crippen LogP contribution is -2.29. The van der Waals surface area contributed by atoms with Crippen molar-refractivity contribution < 1.29 is 31.5 Å². The van der Waals surface area contributed by atoms with Crippen molar-refractivity contribution >= 4 is 64.7 Å². The van der Waals surface area contributed by atoms with Crippen LogP contribution in [-0.2, 0) is 19.7 Å². The number of aromatic nitrogens is 8. The summed E-state index contributed by atoms with van der Waals surface area (Å²) in [6.07, 6.45) is 12.4. The van der Waals surface area contributed by atoms with Crippen LogP contribution in [0.3, 0.4) is 0 Å². The van der Waals surface area contributed by atoms with Gasteiger partial charge in [-0.05, 0) is 59.7 Å². The summed E-state index contributed by atoms with van der Waals surface area (Å²) in [4.78, 5) is 40.3. The number of nitrogens with one attached hydrogen (secondary N) is 1. The molecule has 6 aromatic heterocycles. The molecular weight excluding hydrogens is 849 g/mol. The minimum atomic E-state index is -3.16. The second-order valence-corrected chi connectivity index (χ2v) is 18.6. The van der Waals surface area contributed by atoms with Crippen molar-refractivity contribution in [2.45, 2.75) is 0 Å². The number of carbonyl (C=O) groups excluding carboxylic acids is 1. The lowest BCUT2D eigenvalue weighted by molar-refractivity contribution is 0.0690. The Kier molecular flexibility index (Phi) is 13.8. The monoisotopic (exact) mass is 890 g/mol. The van der Waals surface area contributed by atoms with Crippen LogP contribution in [-0.4, -0.2) is 110 Å². The highest BCUT2D eigenvalue weighted by molar-refractivity contribution is 7.90. The summed E-state index contributed by atoms with van der Waals surface area (Å²) in [6.45, 7) is 0.241. The number of sulfone groups is 2. The predicted molar refractivity (Wildman–Crippen MR) is 241 cm³/mol. The number of anilines is 2. The second-order valence-electron chi connectivity index (χ2n) is 14.0. The van der Waals surface area contributed by atoms with Gasteiger partial charge in [-0.2, -0.15) is 10.2 Å². The molecule has 0 fully saturated rings. The first-order valence-corrected chi connectivity index (χ1v) is 23.0. The number of nitrogen functional groups attached to an aromatic ring is 2. The van der Waals surface area contributed by atoms with Gasteiger partial charge in [0, 0.05) is 72.3 Å². The summed E-state index contributed by atoms with van der Waals surface area (Å²) in [5.41, 5.74) is 23.1. The maximum Gasteiger partial charge on any atom is 0.354 e. The number of carboxylic acids is 1.